The predicted octanol–water partition coefficient (Wildman–Crippen LogP) is 7.15. The van der Waals surface area contributed by atoms with E-state index in [0.717, 1.165) is 22.6 Å². The first kappa shape index (κ1) is 19.4. The summed E-state index contributed by atoms with van der Waals surface area (Å²) in [5.74, 6) is 1.76. The normalized spacial score (nSPS) is 11.9. The van der Waals surface area contributed by atoms with E-state index in [2.05, 4.69) is 98.1 Å². The Morgan fingerprint density at radius 1 is 0.806 bits per heavy atom. The van der Waals surface area contributed by atoms with Gasteiger partial charge < -0.3 is 4.74 Å². The molecule has 0 radical (unpaired) electrons. The van der Waals surface area contributed by atoms with Gasteiger partial charge in [-0.1, -0.05) is 69.3 Å². The van der Waals surface area contributed by atoms with Gasteiger partial charge in [0.2, 0.25) is 0 Å². The number of nitrogens with zero attached hydrogens (tertiary/aromatic N) is 2. The fourth-order valence-corrected chi connectivity index (χ4v) is 4.27. The fraction of sp³-hybridized carbons (Fsp3) is 0.179. The number of hydrogen-bond donors (Lipinski definition) is 0. The molecule has 0 aliphatic rings. The van der Waals surface area contributed by atoms with Crippen LogP contribution in [0.2, 0.25) is 0 Å². The molecule has 2 heterocycles. The Hall–Kier alpha value is -3.59. The summed E-state index contributed by atoms with van der Waals surface area (Å²) in [6.45, 7) is 6.70. The van der Waals surface area contributed by atoms with Gasteiger partial charge >= 0.3 is 0 Å². The van der Waals surface area contributed by atoms with E-state index in [4.69, 9.17) is 9.72 Å². The lowest BCUT2D eigenvalue weighted by Gasteiger charge is -2.20. The molecule has 0 amide bonds. The first-order valence-electron chi connectivity index (χ1n) is 10.6. The van der Waals surface area contributed by atoms with Gasteiger partial charge in [0.15, 0.2) is 0 Å². The molecule has 3 aromatic carbocycles. The van der Waals surface area contributed by atoms with Gasteiger partial charge in [-0.25, -0.2) is 4.98 Å². The fourth-order valence-electron chi connectivity index (χ4n) is 4.27. The van der Waals surface area contributed by atoms with Crippen LogP contribution in [0.1, 0.15) is 26.3 Å². The highest BCUT2D eigenvalue weighted by molar-refractivity contribution is 6.13. The molecule has 0 spiro atoms. The molecule has 0 fully saturated rings. The van der Waals surface area contributed by atoms with Gasteiger partial charge in [0.1, 0.15) is 11.6 Å². The maximum atomic E-state index is 5.57. The zero-order valence-corrected chi connectivity index (χ0v) is 18.4. The molecule has 31 heavy (non-hydrogen) atoms. The van der Waals surface area contributed by atoms with E-state index < -0.39 is 0 Å². The Morgan fingerprint density at radius 2 is 1.61 bits per heavy atom. The van der Waals surface area contributed by atoms with E-state index in [0.29, 0.717) is 0 Å². The first-order chi connectivity index (χ1) is 15.0. The topological polar surface area (TPSA) is 27.1 Å². The van der Waals surface area contributed by atoms with Crippen LogP contribution in [0.15, 0.2) is 85.1 Å². The number of methoxy groups -OCH3 is 1. The zero-order chi connectivity index (χ0) is 21.6. The summed E-state index contributed by atoms with van der Waals surface area (Å²) >= 11 is 0. The van der Waals surface area contributed by atoms with E-state index in [1.807, 2.05) is 12.3 Å². The Labute approximate surface area is 182 Å². The molecule has 0 unspecified atom stereocenters. The highest BCUT2D eigenvalue weighted by Crippen LogP contribution is 2.39. The number of fused-ring (bicyclic) bond motifs is 3. The van der Waals surface area contributed by atoms with Crippen LogP contribution in [-0.4, -0.2) is 16.7 Å². The Morgan fingerprint density at radius 3 is 2.35 bits per heavy atom. The Bertz CT molecular complexity index is 1390. The van der Waals surface area contributed by atoms with Crippen LogP contribution < -0.4 is 4.74 Å². The predicted molar refractivity (Wildman–Crippen MR) is 129 cm³/mol. The van der Waals surface area contributed by atoms with Crippen molar-refractivity contribution >= 4 is 21.8 Å². The Balaban J connectivity index is 1.93. The van der Waals surface area contributed by atoms with E-state index >= 15 is 0 Å². The quantitative estimate of drug-likeness (QED) is 0.318. The number of hydrogen-bond acceptors (Lipinski definition) is 2. The van der Waals surface area contributed by atoms with Crippen LogP contribution in [0.5, 0.6) is 5.75 Å². The number of para-hydroxylation sites is 1. The van der Waals surface area contributed by atoms with Crippen molar-refractivity contribution < 1.29 is 4.74 Å². The number of pyridine rings is 1. The monoisotopic (exact) mass is 406 g/mol. The van der Waals surface area contributed by atoms with E-state index in [1.165, 1.54) is 27.5 Å². The van der Waals surface area contributed by atoms with Crippen molar-refractivity contribution in [1.29, 1.82) is 0 Å². The molecule has 0 atom stereocenters. The van der Waals surface area contributed by atoms with Gasteiger partial charge in [0.05, 0.1) is 18.1 Å². The lowest BCUT2D eigenvalue weighted by Crippen LogP contribution is -2.12. The van der Waals surface area contributed by atoms with Gasteiger partial charge in [-0.3, -0.25) is 4.57 Å². The average Bonchev–Trinajstić information content (AvgIpc) is 3.13. The van der Waals surface area contributed by atoms with Gasteiger partial charge in [0.25, 0.3) is 0 Å². The third-order valence-electron chi connectivity index (χ3n) is 5.92. The number of benzene rings is 3. The summed E-state index contributed by atoms with van der Waals surface area (Å²) in [4.78, 5) is 4.81. The maximum absolute atomic E-state index is 5.57. The summed E-state index contributed by atoms with van der Waals surface area (Å²) in [5.41, 5.74) is 5.93. The molecule has 0 bridgehead atoms. The van der Waals surface area contributed by atoms with Gasteiger partial charge in [-0.15, -0.1) is 0 Å². The Kier molecular flexibility index (Phi) is 4.55. The van der Waals surface area contributed by atoms with Crippen molar-refractivity contribution in [2.75, 3.05) is 7.11 Å². The van der Waals surface area contributed by atoms with Crippen LogP contribution in [0.25, 0.3) is 38.8 Å². The van der Waals surface area contributed by atoms with Crippen molar-refractivity contribution in [3.63, 3.8) is 0 Å². The van der Waals surface area contributed by atoms with Crippen LogP contribution in [0.4, 0.5) is 0 Å². The minimum absolute atomic E-state index is 0.0381. The molecule has 154 valence electrons. The van der Waals surface area contributed by atoms with Gasteiger partial charge in [-0.2, -0.15) is 0 Å². The minimum atomic E-state index is 0.0381. The summed E-state index contributed by atoms with van der Waals surface area (Å²) in [7, 11) is 1.71. The van der Waals surface area contributed by atoms with Gasteiger partial charge in [0, 0.05) is 28.6 Å². The zero-order valence-electron chi connectivity index (χ0n) is 18.4. The van der Waals surface area contributed by atoms with E-state index in [-0.39, 0.29) is 5.41 Å². The summed E-state index contributed by atoms with van der Waals surface area (Å²) in [5, 5.41) is 2.40. The van der Waals surface area contributed by atoms with Crippen LogP contribution in [0.3, 0.4) is 0 Å². The maximum Gasteiger partial charge on any atom is 0.137 e. The lowest BCUT2D eigenvalue weighted by molar-refractivity contribution is 0.415. The summed E-state index contributed by atoms with van der Waals surface area (Å²) < 4.78 is 7.85. The van der Waals surface area contributed by atoms with E-state index in [9.17, 15) is 0 Å². The lowest BCUT2D eigenvalue weighted by atomic mass is 9.88. The molecule has 2 aromatic heterocycles. The minimum Gasteiger partial charge on any atom is -0.497 e. The molecule has 5 aromatic rings. The van der Waals surface area contributed by atoms with Gasteiger partial charge in [-0.05, 0) is 40.8 Å². The van der Waals surface area contributed by atoms with Crippen molar-refractivity contribution in [3.8, 4) is 22.7 Å². The smallest absolute Gasteiger partial charge is 0.137 e. The SMILES string of the molecule is COc1ccc2c3cccc(-c4ccccc4)c3n(-c3cc(C(C)(C)C)ccn3)c2c1. The third kappa shape index (κ3) is 3.27. The highest BCUT2D eigenvalue weighted by atomic mass is 16.5. The van der Waals surface area contributed by atoms with Crippen molar-refractivity contribution in [1.82, 2.24) is 9.55 Å². The molecule has 5 rings (SSSR count). The molecule has 0 aliphatic heterocycles. The molecule has 0 N–H and O–H groups in total. The average molecular weight is 407 g/mol. The first-order valence-corrected chi connectivity index (χ1v) is 10.6. The molecule has 0 saturated heterocycles. The second kappa shape index (κ2) is 7.28. The standard InChI is InChI=1S/C28H26N2O/c1-28(2,3)20-15-16-29-26(17-20)30-25-18-21(31-4)13-14-23(25)24-12-8-11-22(27(24)30)19-9-6-5-7-10-19/h5-18H,1-4H3. The van der Waals surface area contributed by atoms with Crippen LogP contribution in [0, 0.1) is 0 Å². The van der Waals surface area contributed by atoms with Crippen LogP contribution >= 0.6 is 0 Å². The van der Waals surface area contributed by atoms with Crippen LogP contribution in [-0.2, 0) is 5.41 Å². The highest BCUT2D eigenvalue weighted by Gasteiger charge is 2.20. The number of ether oxygens (including phenoxy) is 1. The molecule has 0 saturated carbocycles. The summed E-state index contributed by atoms with van der Waals surface area (Å²) in [6, 6.07) is 27.7. The van der Waals surface area contributed by atoms with Crippen molar-refractivity contribution in [2.45, 2.75) is 26.2 Å². The largest absolute Gasteiger partial charge is 0.497 e. The van der Waals surface area contributed by atoms with Crippen molar-refractivity contribution in [3.05, 3.63) is 90.6 Å². The molecule has 3 nitrogen and oxygen atoms in total. The second-order valence-electron chi connectivity index (χ2n) is 8.94. The second-order valence-corrected chi connectivity index (χ2v) is 8.94. The van der Waals surface area contributed by atoms with E-state index in [1.54, 1.807) is 7.11 Å². The third-order valence-corrected chi connectivity index (χ3v) is 5.92. The number of rotatable bonds is 3. The van der Waals surface area contributed by atoms with Crippen molar-refractivity contribution in [2.24, 2.45) is 0 Å². The molecular formula is C28H26N2O. The molecule has 0 aliphatic carbocycles. The number of aromatic nitrogens is 2. The molecular weight excluding hydrogens is 380 g/mol. The summed E-state index contributed by atoms with van der Waals surface area (Å²) in [6.07, 6.45) is 1.92. The molecule has 3 heteroatoms.